The van der Waals surface area contributed by atoms with E-state index in [-0.39, 0.29) is 6.61 Å². The third kappa shape index (κ3) is 2.52. The molecule has 6 heteroatoms. The molecule has 0 fully saturated rings. The second-order valence-corrected chi connectivity index (χ2v) is 5.81. The van der Waals surface area contributed by atoms with Crippen LogP contribution in [0, 0.1) is 20.8 Å². The molecule has 108 valence electrons. The van der Waals surface area contributed by atoms with E-state index in [4.69, 9.17) is 0 Å². The van der Waals surface area contributed by atoms with Gasteiger partial charge in [-0.05, 0) is 50.2 Å². The first-order chi connectivity index (χ1) is 10.1. The average molecular weight is 300 g/mol. The van der Waals surface area contributed by atoms with Gasteiger partial charge in [0, 0.05) is 17.6 Å². The van der Waals surface area contributed by atoms with Crippen LogP contribution in [0.3, 0.4) is 0 Å². The van der Waals surface area contributed by atoms with Crippen LogP contribution in [0.5, 0.6) is 0 Å². The maximum Gasteiger partial charge on any atom is 0.194 e. The molecule has 0 amide bonds. The van der Waals surface area contributed by atoms with Crippen molar-refractivity contribution >= 4 is 17.4 Å². The van der Waals surface area contributed by atoms with Crippen LogP contribution in [0.15, 0.2) is 34.6 Å². The molecule has 3 rings (SSSR count). The Morgan fingerprint density at radius 3 is 2.48 bits per heavy atom. The van der Waals surface area contributed by atoms with Crippen molar-refractivity contribution in [2.24, 2.45) is 0 Å². The molecule has 21 heavy (non-hydrogen) atoms. The molecule has 5 nitrogen and oxygen atoms in total. The molecular formula is C15H16N4OS. The summed E-state index contributed by atoms with van der Waals surface area (Å²) in [6.45, 7) is 5.90. The van der Waals surface area contributed by atoms with Crippen molar-refractivity contribution in [3.05, 3.63) is 47.0 Å². The number of nitrogens with zero attached hydrogens (tertiary/aromatic N) is 4. The van der Waals surface area contributed by atoms with Crippen molar-refractivity contribution in [2.75, 3.05) is 0 Å². The van der Waals surface area contributed by atoms with Crippen LogP contribution in [0.4, 0.5) is 0 Å². The zero-order valence-corrected chi connectivity index (χ0v) is 13.0. The van der Waals surface area contributed by atoms with E-state index in [0.717, 1.165) is 33.3 Å². The molecule has 0 spiro atoms. The van der Waals surface area contributed by atoms with Crippen LogP contribution in [0.1, 0.15) is 22.6 Å². The van der Waals surface area contributed by atoms with Gasteiger partial charge in [-0.15, -0.1) is 0 Å². The molecule has 0 atom stereocenters. The van der Waals surface area contributed by atoms with Gasteiger partial charge in [-0.25, -0.2) is 15.0 Å². The number of aliphatic hydroxyl groups is 1. The summed E-state index contributed by atoms with van der Waals surface area (Å²) in [4.78, 5) is 13.5. The second kappa shape index (κ2) is 5.46. The van der Waals surface area contributed by atoms with Crippen LogP contribution < -0.4 is 0 Å². The highest BCUT2D eigenvalue weighted by Gasteiger charge is 2.14. The summed E-state index contributed by atoms with van der Waals surface area (Å²) in [5.74, 6) is 0. The smallest absolute Gasteiger partial charge is 0.194 e. The standard InChI is InChI=1S/C15H16N4OS/c1-9-10(2)16-15(17-11(9)3)21-14-12(8-20)19-7-5-4-6-13(19)18-14/h4-7,20H,8H2,1-3H3. The molecule has 0 radical (unpaired) electrons. The van der Waals surface area contributed by atoms with Gasteiger partial charge in [0.25, 0.3) is 0 Å². The number of hydrogen-bond acceptors (Lipinski definition) is 5. The third-order valence-electron chi connectivity index (χ3n) is 3.54. The summed E-state index contributed by atoms with van der Waals surface area (Å²) in [5, 5.41) is 11.0. The van der Waals surface area contributed by atoms with E-state index >= 15 is 0 Å². The van der Waals surface area contributed by atoms with Crippen molar-refractivity contribution in [3.8, 4) is 0 Å². The predicted molar refractivity (Wildman–Crippen MR) is 81.5 cm³/mol. The maximum atomic E-state index is 9.62. The van der Waals surface area contributed by atoms with Crippen molar-refractivity contribution in [3.63, 3.8) is 0 Å². The molecule has 0 saturated heterocycles. The lowest BCUT2D eigenvalue weighted by Crippen LogP contribution is -1.99. The molecular weight excluding hydrogens is 284 g/mol. The average Bonchev–Trinajstić information content (AvgIpc) is 2.81. The van der Waals surface area contributed by atoms with Crippen molar-refractivity contribution in [1.29, 1.82) is 0 Å². The number of imidazole rings is 1. The summed E-state index contributed by atoms with van der Waals surface area (Å²) in [7, 11) is 0. The number of fused-ring (bicyclic) bond motifs is 1. The highest BCUT2D eigenvalue weighted by atomic mass is 32.2. The Hall–Kier alpha value is -1.92. The number of pyridine rings is 1. The first-order valence-corrected chi connectivity index (χ1v) is 7.48. The number of rotatable bonds is 3. The molecule has 0 aliphatic rings. The molecule has 0 bridgehead atoms. The first-order valence-electron chi connectivity index (χ1n) is 6.66. The molecule has 0 saturated carbocycles. The van der Waals surface area contributed by atoms with Gasteiger partial charge in [0.15, 0.2) is 5.16 Å². The fourth-order valence-corrected chi connectivity index (χ4v) is 3.08. The van der Waals surface area contributed by atoms with Gasteiger partial charge in [0.2, 0.25) is 0 Å². The lowest BCUT2D eigenvalue weighted by Gasteiger charge is -2.06. The van der Waals surface area contributed by atoms with E-state index in [9.17, 15) is 5.11 Å². The largest absolute Gasteiger partial charge is 0.390 e. The van der Waals surface area contributed by atoms with Crippen LogP contribution in [0.25, 0.3) is 5.65 Å². The summed E-state index contributed by atoms with van der Waals surface area (Å²) in [5.41, 5.74) is 4.62. The van der Waals surface area contributed by atoms with E-state index in [1.165, 1.54) is 11.8 Å². The van der Waals surface area contributed by atoms with Crippen LogP contribution >= 0.6 is 11.8 Å². The van der Waals surface area contributed by atoms with Gasteiger partial charge in [-0.3, -0.25) is 0 Å². The molecule has 3 aromatic heterocycles. The number of aromatic nitrogens is 4. The number of hydrogen-bond donors (Lipinski definition) is 1. The Morgan fingerprint density at radius 1 is 1.10 bits per heavy atom. The molecule has 1 N–H and O–H groups in total. The number of aryl methyl sites for hydroxylation is 2. The van der Waals surface area contributed by atoms with Crippen LogP contribution in [0.2, 0.25) is 0 Å². The minimum absolute atomic E-state index is 0.0721. The van der Waals surface area contributed by atoms with E-state index in [1.54, 1.807) is 0 Å². The van der Waals surface area contributed by atoms with E-state index in [1.807, 2.05) is 49.6 Å². The van der Waals surface area contributed by atoms with Crippen LogP contribution in [-0.2, 0) is 6.61 Å². The highest BCUT2D eigenvalue weighted by Crippen LogP contribution is 2.29. The zero-order chi connectivity index (χ0) is 15.0. The minimum atomic E-state index is -0.0721. The predicted octanol–water partition coefficient (Wildman–Crippen LogP) is 2.69. The molecule has 3 heterocycles. The maximum absolute atomic E-state index is 9.62. The molecule has 0 unspecified atom stereocenters. The fourth-order valence-electron chi connectivity index (χ4n) is 2.12. The normalized spacial score (nSPS) is 11.2. The molecule has 0 aromatic carbocycles. The Kier molecular flexibility index (Phi) is 3.65. The summed E-state index contributed by atoms with van der Waals surface area (Å²) in [6, 6.07) is 5.75. The SMILES string of the molecule is Cc1nc(Sc2nc3ccccn3c2CO)nc(C)c1C. The lowest BCUT2D eigenvalue weighted by molar-refractivity contribution is 0.272. The second-order valence-electron chi connectivity index (χ2n) is 4.85. The van der Waals surface area contributed by atoms with Gasteiger partial charge in [-0.1, -0.05) is 6.07 Å². The lowest BCUT2D eigenvalue weighted by atomic mass is 10.2. The Morgan fingerprint density at radius 2 is 1.81 bits per heavy atom. The van der Waals surface area contributed by atoms with Gasteiger partial charge >= 0.3 is 0 Å². The van der Waals surface area contributed by atoms with E-state index in [2.05, 4.69) is 15.0 Å². The van der Waals surface area contributed by atoms with Crippen molar-refractivity contribution < 1.29 is 5.11 Å². The molecule has 0 aliphatic heterocycles. The van der Waals surface area contributed by atoms with Gasteiger partial charge in [0.05, 0.1) is 12.3 Å². The number of aliphatic hydroxyl groups excluding tert-OH is 1. The molecule has 0 aliphatic carbocycles. The van der Waals surface area contributed by atoms with E-state index in [0.29, 0.717) is 5.16 Å². The monoisotopic (exact) mass is 300 g/mol. The summed E-state index contributed by atoms with van der Waals surface area (Å²) in [6.07, 6.45) is 1.89. The quantitative estimate of drug-likeness (QED) is 0.753. The van der Waals surface area contributed by atoms with Crippen molar-refractivity contribution in [1.82, 2.24) is 19.4 Å². The first kappa shape index (κ1) is 14.0. The summed E-state index contributed by atoms with van der Waals surface area (Å²) >= 11 is 1.39. The van der Waals surface area contributed by atoms with Crippen LogP contribution in [-0.4, -0.2) is 24.5 Å². The topological polar surface area (TPSA) is 63.3 Å². The summed E-state index contributed by atoms with van der Waals surface area (Å²) < 4.78 is 1.89. The third-order valence-corrected chi connectivity index (χ3v) is 4.43. The molecule has 3 aromatic rings. The highest BCUT2D eigenvalue weighted by molar-refractivity contribution is 7.99. The zero-order valence-electron chi connectivity index (χ0n) is 12.2. The Labute approximate surface area is 127 Å². The van der Waals surface area contributed by atoms with E-state index < -0.39 is 0 Å². The van der Waals surface area contributed by atoms with Crippen molar-refractivity contribution in [2.45, 2.75) is 37.6 Å². The van der Waals surface area contributed by atoms with Gasteiger partial charge < -0.3 is 9.51 Å². The van der Waals surface area contributed by atoms with Gasteiger partial charge in [0.1, 0.15) is 10.7 Å². The fraction of sp³-hybridized carbons (Fsp3) is 0.267. The Balaban J connectivity index is 2.06. The van der Waals surface area contributed by atoms with Gasteiger partial charge in [-0.2, -0.15) is 0 Å². The minimum Gasteiger partial charge on any atom is -0.390 e. The Bertz CT molecular complexity index is 790.